The van der Waals surface area contributed by atoms with E-state index in [0.717, 1.165) is 25.2 Å². The third-order valence-electron chi connectivity index (χ3n) is 5.65. The van der Waals surface area contributed by atoms with Gasteiger partial charge >= 0.3 is 0 Å². The van der Waals surface area contributed by atoms with Gasteiger partial charge in [-0.05, 0) is 63.2 Å². The summed E-state index contributed by atoms with van der Waals surface area (Å²) in [6.45, 7) is 4.68. The van der Waals surface area contributed by atoms with Gasteiger partial charge in [-0.3, -0.25) is 0 Å². The maximum atomic E-state index is 12.8. The number of likely N-dealkylation sites (tertiary alicyclic amines) is 1. The molecule has 128 valence electrons. The van der Waals surface area contributed by atoms with Crippen LogP contribution in [0.3, 0.4) is 0 Å². The molecule has 2 aliphatic rings. The van der Waals surface area contributed by atoms with Crippen molar-refractivity contribution in [1.82, 2.24) is 9.21 Å². The van der Waals surface area contributed by atoms with Crippen molar-refractivity contribution in [2.75, 3.05) is 20.1 Å². The van der Waals surface area contributed by atoms with E-state index in [1.54, 1.807) is 35.6 Å². The Morgan fingerprint density at radius 3 is 2.35 bits per heavy atom. The van der Waals surface area contributed by atoms with Gasteiger partial charge in [0.15, 0.2) is 0 Å². The highest BCUT2D eigenvalue weighted by molar-refractivity contribution is 7.89. The third kappa shape index (κ3) is 3.62. The minimum atomic E-state index is -3.37. The van der Waals surface area contributed by atoms with E-state index in [4.69, 9.17) is 0 Å². The lowest BCUT2D eigenvalue weighted by molar-refractivity contribution is 0.136. The van der Waals surface area contributed by atoms with Crippen molar-refractivity contribution in [2.45, 2.75) is 56.0 Å². The molecule has 23 heavy (non-hydrogen) atoms. The summed E-state index contributed by atoms with van der Waals surface area (Å²) in [5, 5.41) is 0. The van der Waals surface area contributed by atoms with Crippen molar-refractivity contribution in [3.8, 4) is 0 Å². The summed E-state index contributed by atoms with van der Waals surface area (Å²) >= 11 is 0. The second kappa shape index (κ2) is 6.91. The zero-order valence-corrected chi connectivity index (χ0v) is 15.0. The molecule has 5 heteroatoms. The van der Waals surface area contributed by atoms with E-state index in [1.165, 1.54) is 25.9 Å². The molecule has 1 aliphatic heterocycles. The van der Waals surface area contributed by atoms with Crippen LogP contribution in [-0.4, -0.2) is 49.8 Å². The molecule has 0 amide bonds. The van der Waals surface area contributed by atoms with Crippen LogP contribution in [0.15, 0.2) is 35.2 Å². The summed E-state index contributed by atoms with van der Waals surface area (Å²) in [6.07, 6.45) is 5.61. The molecule has 3 rings (SSSR count). The molecule has 1 saturated heterocycles. The Hall–Kier alpha value is -0.910. The van der Waals surface area contributed by atoms with Crippen molar-refractivity contribution in [3.63, 3.8) is 0 Å². The fraction of sp³-hybridized carbons (Fsp3) is 0.667. The second-order valence-electron chi connectivity index (χ2n) is 7.17. The summed E-state index contributed by atoms with van der Waals surface area (Å²) in [7, 11) is -1.63. The fourth-order valence-corrected chi connectivity index (χ4v) is 5.36. The van der Waals surface area contributed by atoms with Crippen LogP contribution in [0.25, 0.3) is 0 Å². The molecule has 2 fully saturated rings. The lowest BCUT2D eigenvalue weighted by atomic mass is 9.97. The van der Waals surface area contributed by atoms with Gasteiger partial charge in [0.1, 0.15) is 0 Å². The Morgan fingerprint density at radius 1 is 1.04 bits per heavy atom. The molecule has 1 saturated carbocycles. The Morgan fingerprint density at radius 2 is 1.70 bits per heavy atom. The van der Waals surface area contributed by atoms with Crippen molar-refractivity contribution in [1.29, 1.82) is 0 Å². The largest absolute Gasteiger partial charge is 0.300 e. The summed E-state index contributed by atoms with van der Waals surface area (Å²) in [6, 6.07) is 9.47. The van der Waals surface area contributed by atoms with E-state index in [9.17, 15) is 8.42 Å². The highest BCUT2D eigenvalue weighted by Crippen LogP contribution is 2.32. The average molecular weight is 337 g/mol. The average Bonchev–Trinajstić information content (AvgIpc) is 3.05. The molecule has 0 bridgehead atoms. The molecule has 1 aliphatic carbocycles. The van der Waals surface area contributed by atoms with Crippen LogP contribution in [0.2, 0.25) is 0 Å². The molecule has 4 nitrogen and oxygen atoms in total. The van der Waals surface area contributed by atoms with Gasteiger partial charge in [-0.2, -0.15) is 4.31 Å². The molecule has 1 heterocycles. The first kappa shape index (κ1) is 16.9. The number of nitrogens with zero attached hydrogens (tertiary/aromatic N) is 2. The van der Waals surface area contributed by atoms with Gasteiger partial charge in [0.2, 0.25) is 10.0 Å². The topological polar surface area (TPSA) is 40.6 Å². The molecule has 2 atom stereocenters. The summed E-state index contributed by atoms with van der Waals surface area (Å²) < 4.78 is 27.1. The van der Waals surface area contributed by atoms with Crippen molar-refractivity contribution < 1.29 is 8.42 Å². The van der Waals surface area contributed by atoms with Gasteiger partial charge in [0.05, 0.1) is 4.90 Å². The molecular weight excluding hydrogens is 308 g/mol. The number of hydrogen-bond donors (Lipinski definition) is 0. The fourth-order valence-electron chi connectivity index (χ4n) is 3.95. The second-order valence-corrected chi connectivity index (χ2v) is 9.17. The zero-order chi connectivity index (χ0) is 16.4. The number of piperidine rings is 1. The van der Waals surface area contributed by atoms with Gasteiger partial charge in [-0.15, -0.1) is 0 Å². The first-order valence-corrected chi connectivity index (χ1v) is 10.2. The van der Waals surface area contributed by atoms with E-state index in [1.807, 2.05) is 6.07 Å². The highest BCUT2D eigenvalue weighted by atomic mass is 32.2. The van der Waals surface area contributed by atoms with E-state index in [0.29, 0.717) is 10.9 Å². The zero-order valence-electron chi connectivity index (χ0n) is 14.2. The number of benzene rings is 1. The van der Waals surface area contributed by atoms with Gasteiger partial charge in [-0.1, -0.05) is 25.1 Å². The predicted molar refractivity (Wildman–Crippen MR) is 92.8 cm³/mol. The smallest absolute Gasteiger partial charge is 0.243 e. The van der Waals surface area contributed by atoms with Crippen molar-refractivity contribution in [2.24, 2.45) is 5.92 Å². The summed E-state index contributed by atoms with van der Waals surface area (Å²) in [5.41, 5.74) is 0. The summed E-state index contributed by atoms with van der Waals surface area (Å²) in [5.74, 6) is 0.838. The molecular formula is C18H28N2O2S. The van der Waals surface area contributed by atoms with E-state index < -0.39 is 10.0 Å². The van der Waals surface area contributed by atoms with Crippen LogP contribution in [0, 0.1) is 5.92 Å². The maximum absolute atomic E-state index is 12.8. The third-order valence-corrected chi connectivity index (χ3v) is 7.57. The normalized spacial score (nSPS) is 27.6. The van der Waals surface area contributed by atoms with Gasteiger partial charge < -0.3 is 4.90 Å². The van der Waals surface area contributed by atoms with E-state index >= 15 is 0 Å². The molecule has 0 aromatic heterocycles. The molecule has 1 aromatic carbocycles. The minimum Gasteiger partial charge on any atom is -0.300 e. The van der Waals surface area contributed by atoms with E-state index in [-0.39, 0.29) is 6.04 Å². The van der Waals surface area contributed by atoms with E-state index in [2.05, 4.69) is 11.8 Å². The van der Waals surface area contributed by atoms with Crippen molar-refractivity contribution in [3.05, 3.63) is 30.3 Å². The Balaban J connectivity index is 1.64. The van der Waals surface area contributed by atoms with Crippen LogP contribution in [0.1, 0.15) is 39.0 Å². The molecule has 2 unspecified atom stereocenters. The number of rotatable bonds is 4. The van der Waals surface area contributed by atoms with Crippen LogP contribution in [-0.2, 0) is 10.0 Å². The lowest BCUT2D eigenvalue weighted by Crippen LogP contribution is -2.41. The monoisotopic (exact) mass is 336 g/mol. The van der Waals surface area contributed by atoms with Gasteiger partial charge in [0.25, 0.3) is 0 Å². The van der Waals surface area contributed by atoms with Crippen LogP contribution < -0.4 is 0 Å². The predicted octanol–water partition coefficient (Wildman–Crippen LogP) is 2.96. The minimum absolute atomic E-state index is 0.129. The maximum Gasteiger partial charge on any atom is 0.243 e. The van der Waals surface area contributed by atoms with Crippen molar-refractivity contribution >= 4 is 10.0 Å². The molecule has 1 aromatic rings. The standard InChI is InChI=1S/C18H28N2O2S/c1-15-10-12-20(13-11-15)17-9-8-16(14-17)19(2)23(21,22)18-6-4-3-5-7-18/h3-7,15-17H,8-14H2,1-2H3. The molecule has 0 radical (unpaired) electrons. The van der Waals surface area contributed by atoms with Gasteiger partial charge in [0, 0.05) is 19.1 Å². The quantitative estimate of drug-likeness (QED) is 0.849. The van der Waals surface area contributed by atoms with Crippen LogP contribution >= 0.6 is 0 Å². The molecule has 0 N–H and O–H groups in total. The Bertz CT molecular complexity index is 609. The first-order valence-electron chi connectivity index (χ1n) is 8.75. The SMILES string of the molecule is CC1CCN(C2CCC(N(C)S(=O)(=O)c3ccccc3)C2)CC1. The number of hydrogen-bond acceptors (Lipinski definition) is 3. The van der Waals surface area contributed by atoms with Crippen LogP contribution in [0.4, 0.5) is 0 Å². The Kier molecular flexibility index (Phi) is 5.09. The number of sulfonamides is 1. The van der Waals surface area contributed by atoms with Crippen LogP contribution in [0.5, 0.6) is 0 Å². The highest BCUT2D eigenvalue weighted by Gasteiger charge is 2.36. The summed E-state index contributed by atoms with van der Waals surface area (Å²) in [4.78, 5) is 2.99. The molecule has 0 spiro atoms. The van der Waals surface area contributed by atoms with Gasteiger partial charge in [-0.25, -0.2) is 8.42 Å². The lowest BCUT2D eigenvalue weighted by Gasteiger charge is -2.35. The first-order chi connectivity index (χ1) is 11.0. The Labute approximate surface area is 140 Å².